The van der Waals surface area contributed by atoms with Crippen molar-refractivity contribution >= 4 is 6.03 Å². The number of hydrogen-bond donors (Lipinski definition) is 1. The molecule has 0 bridgehead atoms. The summed E-state index contributed by atoms with van der Waals surface area (Å²) >= 11 is 0. The molecule has 0 unspecified atom stereocenters. The first kappa shape index (κ1) is 17.8. The summed E-state index contributed by atoms with van der Waals surface area (Å²) in [6, 6.07) is -2.26. The molecule has 8 heteroatoms. The van der Waals surface area contributed by atoms with E-state index in [2.05, 4.69) is 10.2 Å². The molecule has 0 aromatic rings. The van der Waals surface area contributed by atoms with E-state index in [9.17, 15) is 18.0 Å². The lowest BCUT2D eigenvalue weighted by Gasteiger charge is -2.46. The smallest absolute Gasteiger partial charge is 0.375 e. The summed E-state index contributed by atoms with van der Waals surface area (Å²) in [6.07, 6.45) is -0.972. The van der Waals surface area contributed by atoms with E-state index in [0.29, 0.717) is 39.0 Å². The number of nitrogens with zero attached hydrogens (tertiary/aromatic N) is 2. The number of morpholine rings is 1. The monoisotopic (exact) mass is 349 g/mol. The van der Waals surface area contributed by atoms with E-state index in [0.717, 1.165) is 19.4 Å². The van der Waals surface area contributed by atoms with Crippen LogP contribution in [0.4, 0.5) is 18.0 Å². The third-order valence-corrected chi connectivity index (χ3v) is 5.65. The molecule has 2 saturated heterocycles. The highest BCUT2D eigenvalue weighted by molar-refractivity contribution is 5.75. The van der Waals surface area contributed by atoms with Gasteiger partial charge in [0.25, 0.3) is 0 Å². The molecule has 0 aromatic carbocycles. The molecule has 3 atom stereocenters. The maximum absolute atomic E-state index is 13.4. The van der Waals surface area contributed by atoms with Crippen molar-refractivity contribution in [1.29, 1.82) is 0 Å². The van der Waals surface area contributed by atoms with Crippen molar-refractivity contribution in [1.82, 2.24) is 15.1 Å². The van der Waals surface area contributed by atoms with Gasteiger partial charge in [0.05, 0.1) is 18.8 Å². The summed E-state index contributed by atoms with van der Waals surface area (Å²) in [5.74, 6) is -0.493. The molecule has 0 spiro atoms. The highest BCUT2D eigenvalue weighted by Crippen LogP contribution is 2.36. The van der Waals surface area contributed by atoms with Gasteiger partial charge in [-0.05, 0) is 32.2 Å². The van der Waals surface area contributed by atoms with E-state index >= 15 is 0 Å². The zero-order chi connectivity index (χ0) is 17.3. The second-order valence-corrected chi connectivity index (χ2v) is 7.21. The minimum Gasteiger partial charge on any atom is -0.375 e. The second-order valence-electron chi connectivity index (χ2n) is 7.21. The fourth-order valence-corrected chi connectivity index (χ4v) is 4.21. The standard InChI is InChI=1S/C16H26F3N3O2/c1-21-8-9-24-13-6-7-22(10-12(13)21)15(23)20-14(16(17,18)19)11-4-2-3-5-11/h11-14H,2-10H2,1H3,(H,20,23)/t12-,13-,14+/m1/s1. The minimum absolute atomic E-state index is 0.0640. The molecule has 3 fully saturated rings. The highest BCUT2D eigenvalue weighted by Gasteiger charge is 2.47. The number of likely N-dealkylation sites (tertiary alicyclic amines) is 1. The molecule has 5 nitrogen and oxygen atoms in total. The van der Waals surface area contributed by atoms with Crippen molar-refractivity contribution < 1.29 is 22.7 Å². The van der Waals surface area contributed by atoms with E-state index in [1.807, 2.05) is 7.05 Å². The number of nitrogens with one attached hydrogen (secondary N) is 1. The molecule has 2 heterocycles. The number of hydrogen-bond acceptors (Lipinski definition) is 3. The molecule has 3 rings (SSSR count). The Balaban J connectivity index is 1.62. The Labute approximate surface area is 140 Å². The van der Waals surface area contributed by atoms with E-state index < -0.39 is 24.2 Å². The predicted octanol–water partition coefficient (Wildman–Crippen LogP) is 2.22. The van der Waals surface area contributed by atoms with Crippen LogP contribution < -0.4 is 5.32 Å². The molecular weight excluding hydrogens is 323 g/mol. The van der Waals surface area contributed by atoms with Gasteiger partial charge in [0, 0.05) is 19.6 Å². The second kappa shape index (κ2) is 7.07. The molecule has 0 radical (unpaired) electrons. The Morgan fingerprint density at radius 1 is 1.21 bits per heavy atom. The molecule has 3 aliphatic rings. The maximum atomic E-state index is 13.4. The van der Waals surface area contributed by atoms with Gasteiger partial charge in [-0.1, -0.05) is 12.8 Å². The molecule has 2 aliphatic heterocycles. The maximum Gasteiger partial charge on any atom is 0.408 e. The van der Waals surface area contributed by atoms with Crippen molar-refractivity contribution in [3.8, 4) is 0 Å². The Kier molecular flexibility index (Phi) is 5.24. The summed E-state index contributed by atoms with van der Waals surface area (Å²) in [5, 5.41) is 2.28. The van der Waals surface area contributed by atoms with Gasteiger partial charge in [-0.2, -0.15) is 13.2 Å². The SMILES string of the molecule is CN1CCO[C@@H]2CCN(C(=O)N[C@@H](C3CCCC3)C(F)(F)F)C[C@H]21. The number of urea groups is 1. The number of alkyl halides is 3. The quantitative estimate of drug-likeness (QED) is 0.831. The van der Waals surface area contributed by atoms with Crippen molar-refractivity contribution in [3.63, 3.8) is 0 Å². The van der Waals surface area contributed by atoms with Gasteiger partial charge >= 0.3 is 12.2 Å². The first-order valence-corrected chi connectivity index (χ1v) is 8.80. The van der Waals surface area contributed by atoms with Crippen LogP contribution >= 0.6 is 0 Å². The van der Waals surface area contributed by atoms with Gasteiger partial charge in [-0.25, -0.2) is 4.79 Å². The number of fused-ring (bicyclic) bond motifs is 1. The van der Waals surface area contributed by atoms with E-state index in [4.69, 9.17) is 4.74 Å². The summed E-state index contributed by atoms with van der Waals surface area (Å²) < 4.78 is 45.8. The average molecular weight is 349 g/mol. The molecular formula is C16H26F3N3O2. The fraction of sp³-hybridized carbons (Fsp3) is 0.938. The predicted molar refractivity (Wildman–Crippen MR) is 82.7 cm³/mol. The highest BCUT2D eigenvalue weighted by atomic mass is 19.4. The lowest BCUT2D eigenvalue weighted by molar-refractivity contribution is -0.165. The molecule has 24 heavy (non-hydrogen) atoms. The van der Waals surface area contributed by atoms with Crippen LogP contribution in [0.3, 0.4) is 0 Å². The van der Waals surface area contributed by atoms with Crippen molar-refractivity contribution in [2.75, 3.05) is 33.3 Å². The van der Waals surface area contributed by atoms with Crippen LogP contribution in [-0.2, 0) is 4.74 Å². The van der Waals surface area contributed by atoms with E-state index in [-0.39, 0.29) is 12.1 Å². The summed E-state index contributed by atoms with van der Waals surface area (Å²) in [4.78, 5) is 16.1. The van der Waals surface area contributed by atoms with Gasteiger partial charge in [-0.3, -0.25) is 4.90 Å². The molecule has 1 N–H and O–H groups in total. The molecule has 1 aliphatic carbocycles. The van der Waals surface area contributed by atoms with Crippen LogP contribution in [0.1, 0.15) is 32.1 Å². The van der Waals surface area contributed by atoms with Gasteiger partial charge in [0.2, 0.25) is 0 Å². The van der Waals surface area contributed by atoms with Gasteiger partial charge < -0.3 is 15.0 Å². The number of halogens is 3. The Morgan fingerprint density at radius 3 is 2.58 bits per heavy atom. The van der Waals surface area contributed by atoms with Crippen LogP contribution in [0.2, 0.25) is 0 Å². The summed E-state index contributed by atoms with van der Waals surface area (Å²) in [6.45, 7) is 2.31. The number of amides is 2. The van der Waals surface area contributed by atoms with Crippen LogP contribution in [-0.4, -0.2) is 73.5 Å². The first-order valence-electron chi connectivity index (χ1n) is 8.80. The Hall–Kier alpha value is -1.02. The zero-order valence-corrected chi connectivity index (χ0v) is 14.0. The third kappa shape index (κ3) is 3.79. The van der Waals surface area contributed by atoms with Crippen LogP contribution in [0.15, 0.2) is 0 Å². The number of piperidine rings is 1. The number of carbonyl (C=O) groups excluding carboxylic acids is 1. The van der Waals surface area contributed by atoms with Crippen LogP contribution in [0, 0.1) is 5.92 Å². The minimum atomic E-state index is -4.40. The number of likely N-dealkylation sites (N-methyl/N-ethyl adjacent to an activating group) is 1. The molecule has 0 aromatic heterocycles. The fourth-order valence-electron chi connectivity index (χ4n) is 4.21. The van der Waals surface area contributed by atoms with Gasteiger partial charge in [0.1, 0.15) is 6.04 Å². The molecule has 138 valence electrons. The van der Waals surface area contributed by atoms with Crippen molar-refractivity contribution in [3.05, 3.63) is 0 Å². The van der Waals surface area contributed by atoms with Gasteiger partial charge in [-0.15, -0.1) is 0 Å². The third-order valence-electron chi connectivity index (χ3n) is 5.65. The normalized spacial score (nSPS) is 30.9. The zero-order valence-electron chi connectivity index (χ0n) is 14.0. The largest absolute Gasteiger partial charge is 0.408 e. The average Bonchev–Trinajstić information content (AvgIpc) is 3.05. The Morgan fingerprint density at radius 2 is 1.92 bits per heavy atom. The Bertz CT molecular complexity index is 454. The summed E-state index contributed by atoms with van der Waals surface area (Å²) in [7, 11) is 1.97. The molecule has 2 amide bonds. The van der Waals surface area contributed by atoms with Crippen molar-refractivity contribution in [2.45, 2.75) is 56.5 Å². The number of carbonyl (C=O) groups is 1. The lowest BCUT2D eigenvalue weighted by atomic mass is 9.97. The topological polar surface area (TPSA) is 44.8 Å². The van der Waals surface area contributed by atoms with Gasteiger partial charge in [0.15, 0.2) is 0 Å². The number of ether oxygens (including phenoxy) is 1. The van der Waals surface area contributed by atoms with E-state index in [1.54, 1.807) is 0 Å². The van der Waals surface area contributed by atoms with Crippen LogP contribution in [0.25, 0.3) is 0 Å². The van der Waals surface area contributed by atoms with Crippen molar-refractivity contribution in [2.24, 2.45) is 5.92 Å². The van der Waals surface area contributed by atoms with E-state index in [1.165, 1.54) is 4.90 Å². The van der Waals surface area contributed by atoms with Crippen LogP contribution in [0.5, 0.6) is 0 Å². The molecule has 1 saturated carbocycles. The first-order chi connectivity index (χ1) is 11.4. The number of rotatable bonds is 2. The summed E-state index contributed by atoms with van der Waals surface area (Å²) in [5.41, 5.74) is 0. The lowest BCUT2D eigenvalue weighted by Crippen LogP contribution is -2.62.